The zero-order chi connectivity index (χ0) is 7.61. The summed E-state index contributed by atoms with van der Waals surface area (Å²) in [5.41, 5.74) is -1.48. The molecule has 0 spiro atoms. The maximum atomic E-state index is 12.5. The zero-order valence-corrected chi connectivity index (χ0v) is 5.61. The molecule has 1 aliphatic rings. The van der Waals surface area contributed by atoms with Gasteiger partial charge in [0.1, 0.15) is 11.9 Å². The first-order chi connectivity index (χ1) is 4.69. The SMILES string of the molecule is OC1(C(F)=CF)CCCC1. The molecule has 0 unspecified atom stereocenters. The van der Waals surface area contributed by atoms with E-state index in [1.165, 1.54) is 0 Å². The Labute approximate surface area is 58.4 Å². The van der Waals surface area contributed by atoms with Gasteiger partial charge in [-0.3, -0.25) is 0 Å². The van der Waals surface area contributed by atoms with Gasteiger partial charge in [-0.15, -0.1) is 0 Å². The predicted molar refractivity (Wildman–Crippen MR) is 33.7 cm³/mol. The summed E-state index contributed by atoms with van der Waals surface area (Å²) in [6.07, 6.45) is 2.10. The van der Waals surface area contributed by atoms with Crippen LogP contribution in [0.2, 0.25) is 0 Å². The van der Waals surface area contributed by atoms with Crippen molar-refractivity contribution in [1.82, 2.24) is 0 Å². The van der Waals surface area contributed by atoms with Crippen LogP contribution in [0.15, 0.2) is 12.2 Å². The molecule has 0 aromatic rings. The van der Waals surface area contributed by atoms with Gasteiger partial charge in [0.25, 0.3) is 0 Å². The molecule has 3 heteroatoms. The minimum Gasteiger partial charge on any atom is -0.383 e. The van der Waals surface area contributed by atoms with Gasteiger partial charge in [0, 0.05) is 0 Å². The van der Waals surface area contributed by atoms with E-state index in [4.69, 9.17) is 0 Å². The maximum absolute atomic E-state index is 12.5. The van der Waals surface area contributed by atoms with Crippen LogP contribution < -0.4 is 0 Å². The summed E-state index contributed by atoms with van der Waals surface area (Å²) in [7, 11) is 0. The number of rotatable bonds is 1. The van der Waals surface area contributed by atoms with Crippen LogP contribution in [-0.2, 0) is 0 Å². The molecular formula is C7H10F2O. The minimum atomic E-state index is -1.48. The summed E-state index contributed by atoms with van der Waals surface area (Å²) < 4.78 is 24.0. The first-order valence-corrected chi connectivity index (χ1v) is 3.38. The summed E-state index contributed by atoms with van der Waals surface area (Å²) in [4.78, 5) is 0. The molecule has 1 aliphatic carbocycles. The van der Waals surface area contributed by atoms with Crippen molar-refractivity contribution in [2.45, 2.75) is 31.3 Å². The van der Waals surface area contributed by atoms with Crippen molar-refractivity contribution < 1.29 is 13.9 Å². The molecule has 0 radical (unpaired) electrons. The van der Waals surface area contributed by atoms with Crippen molar-refractivity contribution in [1.29, 1.82) is 0 Å². The van der Waals surface area contributed by atoms with E-state index in [1.807, 2.05) is 0 Å². The van der Waals surface area contributed by atoms with Crippen LogP contribution >= 0.6 is 0 Å². The Kier molecular flexibility index (Phi) is 2.04. The molecule has 0 amide bonds. The number of aliphatic hydroxyl groups is 1. The molecule has 1 saturated carbocycles. The van der Waals surface area contributed by atoms with Gasteiger partial charge >= 0.3 is 0 Å². The van der Waals surface area contributed by atoms with E-state index in [1.54, 1.807) is 0 Å². The Morgan fingerprint density at radius 2 is 1.90 bits per heavy atom. The lowest BCUT2D eigenvalue weighted by Gasteiger charge is -2.17. The van der Waals surface area contributed by atoms with Gasteiger partial charge in [0.15, 0.2) is 5.83 Å². The number of hydrogen-bond donors (Lipinski definition) is 1. The van der Waals surface area contributed by atoms with E-state index < -0.39 is 11.4 Å². The molecule has 1 fully saturated rings. The molecular weight excluding hydrogens is 138 g/mol. The molecule has 0 atom stereocenters. The van der Waals surface area contributed by atoms with Crippen LogP contribution in [0.3, 0.4) is 0 Å². The lowest BCUT2D eigenvalue weighted by Crippen LogP contribution is -2.24. The van der Waals surface area contributed by atoms with E-state index in [0.717, 1.165) is 12.8 Å². The van der Waals surface area contributed by atoms with Crippen molar-refractivity contribution >= 4 is 0 Å². The van der Waals surface area contributed by atoms with Gasteiger partial charge in [0.2, 0.25) is 0 Å². The van der Waals surface area contributed by atoms with E-state index in [9.17, 15) is 13.9 Å². The van der Waals surface area contributed by atoms with Gasteiger partial charge in [-0.1, -0.05) is 12.8 Å². The van der Waals surface area contributed by atoms with Crippen molar-refractivity contribution in [3.63, 3.8) is 0 Å². The summed E-state index contributed by atoms with van der Waals surface area (Å²) in [6, 6.07) is 0. The van der Waals surface area contributed by atoms with Crippen molar-refractivity contribution in [2.24, 2.45) is 0 Å². The van der Waals surface area contributed by atoms with Crippen LogP contribution in [0.5, 0.6) is 0 Å². The lowest BCUT2D eigenvalue weighted by molar-refractivity contribution is 0.0603. The van der Waals surface area contributed by atoms with Crippen molar-refractivity contribution in [3.8, 4) is 0 Å². The smallest absolute Gasteiger partial charge is 0.160 e. The third-order valence-corrected chi connectivity index (χ3v) is 1.97. The summed E-state index contributed by atoms with van der Waals surface area (Å²) in [5.74, 6) is -1.02. The maximum Gasteiger partial charge on any atom is 0.160 e. The molecule has 10 heavy (non-hydrogen) atoms. The first-order valence-electron chi connectivity index (χ1n) is 3.38. The summed E-state index contributed by atoms with van der Waals surface area (Å²) >= 11 is 0. The van der Waals surface area contributed by atoms with Crippen molar-refractivity contribution in [2.75, 3.05) is 0 Å². The summed E-state index contributed by atoms with van der Waals surface area (Å²) in [6.45, 7) is 0. The quantitative estimate of drug-likeness (QED) is 0.603. The molecule has 1 nitrogen and oxygen atoms in total. The standard InChI is InChI=1S/C7H10F2O/c8-5-6(9)7(10)3-1-2-4-7/h5,10H,1-4H2. The fourth-order valence-electron chi connectivity index (χ4n) is 1.30. The second kappa shape index (κ2) is 2.66. The van der Waals surface area contributed by atoms with Gasteiger partial charge in [-0.05, 0) is 12.8 Å². The Bertz CT molecular complexity index is 148. The average molecular weight is 148 g/mol. The number of halogens is 2. The normalized spacial score (nSPS) is 25.3. The average Bonchev–Trinajstić information content (AvgIpc) is 2.36. The Balaban J connectivity index is 2.67. The molecule has 58 valence electrons. The van der Waals surface area contributed by atoms with Crippen LogP contribution in [0.25, 0.3) is 0 Å². The zero-order valence-electron chi connectivity index (χ0n) is 5.61. The molecule has 0 heterocycles. The fraction of sp³-hybridized carbons (Fsp3) is 0.714. The fourth-order valence-corrected chi connectivity index (χ4v) is 1.30. The van der Waals surface area contributed by atoms with Crippen LogP contribution in [0.4, 0.5) is 8.78 Å². The molecule has 0 aliphatic heterocycles. The topological polar surface area (TPSA) is 20.2 Å². The second-order valence-electron chi connectivity index (χ2n) is 2.70. The highest BCUT2D eigenvalue weighted by molar-refractivity contribution is 5.08. The van der Waals surface area contributed by atoms with E-state index >= 15 is 0 Å². The second-order valence-corrected chi connectivity index (χ2v) is 2.70. The number of hydrogen-bond acceptors (Lipinski definition) is 1. The molecule has 0 aromatic heterocycles. The molecule has 0 aromatic carbocycles. The van der Waals surface area contributed by atoms with Gasteiger partial charge in [-0.2, -0.15) is 0 Å². The third-order valence-electron chi connectivity index (χ3n) is 1.97. The van der Waals surface area contributed by atoms with E-state index in [2.05, 4.69) is 0 Å². The van der Waals surface area contributed by atoms with E-state index in [-0.39, 0.29) is 6.33 Å². The summed E-state index contributed by atoms with van der Waals surface area (Å²) in [5, 5.41) is 9.28. The highest BCUT2D eigenvalue weighted by atomic mass is 19.2. The molecule has 1 rings (SSSR count). The lowest BCUT2D eigenvalue weighted by atomic mass is 10.0. The first kappa shape index (κ1) is 7.66. The third kappa shape index (κ3) is 1.19. The van der Waals surface area contributed by atoms with Gasteiger partial charge < -0.3 is 5.11 Å². The molecule has 0 saturated heterocycles. The predicted octanol–water partition coefficient (Wildman–Crippen LogP) is 2.07. The van der Waals surface area contributed by atoms with Crippen LogP contribution in [-0.4, -0.2) is 10.7 Å². The molecule has 1 N–H and O–H groups in total. The van der Waals surface area contributed by atoms with Crippen LogP contribution in [0.1, 0.15) is 25.7 Å². The van der Waals surface area contributed by atoms with Gasteiger partial charge in [-0.25, -0.2) is 8.78 Å². The Morgan fingerprint density at radius 1 is 1.40 bits per heavy atom. The largest absolute Gasteiger partial charge is 0.383 e. The monoisotopic (exact) mass is 148 g/mol. The highest BCUT2D eigenvalue weighted by Crippen LogP contribution is 2.36. The van der Waals surface area contributed by atoms with E-state index in [0.29, 0.717) is 12.8 Å². The minimum absolute atomic E-state index is 0.147. The highest BCUT2D eigenvalue weighted by Gasteiger charge is 2.35. The Hall–Kier alpha value is -0.440. The van der Waals surface area contributed by atoms with Gasteiger partial charge in [0.05, 0.1) is 0 Å². The van der Waals surface area contributed by atoms with Crippen molar-refractivity contribution in [3.05, 3.63) is 12.2 Å². The van der Waals surface area contributed by atoms with Crippen LogP contribution in [0, 0.1) is 0 Å². The molecule has 0 bridgehead atoms. The Morgan fingerprint density at radius 3 is 2.30 bits per heavy atom.